The summed E-state index contributed by atoms with van der Waals surface area (Å²) in [6, 6.07) is 12.2. The maximum atomic E-state index is 5.59. The molecule has 0 unspecified atom stereocenters. The van der Waals surface area contributed by atoms with Gasteiger partial charge in [-0.25, -0.2) is 9.67 Å². The van der Waals surface area contributed by atoms with Crippen molar-refractivity contribution in [2.24, 2.45) is 0 Å². The van der Waals surface area contributed by atoms with E-state index in [4.69, 9.17) is 26.0 Å². The molecule has 0 N–H and O–H groups in total. The molecule has 0 aliphatic carbocycles. The van der Waals surface area contributed by atoms with Crippen LogP contribution >= 0.6 is 23.6 Å². The fourth-order valence-electron chi connectivity index (χ4n) is 3.38. The standard InChI is InChI=1S/C18H16N4O2S2/c25-18-22(20-16(24-18)14-7-4-10-23-14)11-21-9-3-6-13(21)17-19-12-5-1-2-8-15(12)26-17/h1-2,4-5,7-8,10,13H,3,6,9,11H2/t13-/m1/s1. The Morgan fingerprint density at radius 2 is 2.15 bits per heavy atom. The molecule has 6 nitrogen and oxygen atoms in total. The highest BCUT2D eigenvalue weighted by Crippen LogP contribution is 2.36. The summed E-state index contributed by atoms with van der Waals surface area (Å²) in [6.07, 6.45) is 3.82. The molecule has 4 aromatic rings. The summed E-state index contributed by atoms with van der Waals surface area (Å²) in [5.41, 5.74) is 1.07. The van der Waals surface area contributed by atoms with Crippen molar-refractivity contribution in [1.82, 2.24) is 19.7 Å². The highest BCUT2D eigenvalue weighted by molar-refractivity contribution is 7.71. The van der Waals surface area contributed by atoms with Crippen LogP contribution in [0.15, 0.2) is 51.5 Å². The molecular weight excluding hydrogens is 368 g/mol. The van der Waals surface area contributed by atoms with Crippen molar-refractivity contribution < 1.29 is 8.83 Å². The topological polar surface area (TPSA) is 60.2 Å². The summed E-state index contributed by atoms with van der Waals surface area (Å²) in [4.78, 5) is 7.55. The number of aromatic nitrogens is 3. The van der Waals surface area contributed by atoms with Crippen LogP contribution in [0.1, 0.15) is 23.9 Å². The van der Waals surface area contributed by atoms with E-state index in [-0.39, 0.29) is 6.04 Å². The summed E-state index contributed by atoms with van der Waals surface area (Å²) in [6.45, 7) is 1.58. The van der Waals surface area contributed by atoms with Gasteiger partial charge < -0.3 is 8.83 Å². The number of para-hydroxylation sites is 1. The van der Waals surface area contributed by atoms with Gasteiger partial charge >= 0.3 is 0 Å². The molecule has 0 amide bonds. The molecule has 132 valence electrons. The Labute approximate surface area is 158 Å². The lowest BCUT2D eigenvalue weighted by Crippen LogP contribution is -2.26. The Balaban J connectivity index is 1.42. The number of benzene rings is 1. The maximum absolute atomic E-state index is 5.59. The minimum absolute atomic E-state index is 0.290. The van der Waals surface area contributed by atoms with Crippen molar-refractivity contribution in [1.29, 1.82) is 0 Å². The van der Waals surface area contributed by atoms with Gasteiger partial charge in [0.15, 0.2) is 5.76 Å². The molecule has 1 atom stereocenters. The van der Waals surface area contributed by atoms with Crippen LogP contribution in [0, 0.1) is 4.84 Å². The van der Waals surface area contributed by atoms with E-state index in [1.807, 2.05) is 12.1 Å². The average Bonchev–Trinajstić information content (AvgIpc) is 3.42. The first-order valence-electron chi connectivity index (χ1n) is 8.49. The van der Waals surface area contributed by atoms with Gasteiger partial charge in [-0.05, 0) is 49.3 Å². The Bertz CT molecular complexity index is 1060. The zero-order chi connectivity index (χ0) is 17.5. The molecule has 26 heavy (non-hydrogen) atoms. The molecule has 1 aliphatic heterocycles. The van der Waals surface area contributed by atoms with Gasteiger partial charge in [0.1, 0.15) is 5.01 Å². The van der Waals surface area contributed by atoms with Gasteiger partial charge in [0, 0.05) is 6.54 Å². The quantitative estimate of drug-likeness (QED) is 0.468. The number of rotatable bonds is 4. The number of hydrogen-bond acceptors (Lipinski definition) is 7. The van der Waals surface area contributed by atoms with Crippen LogP contribution < -0.4 is 0 Å². The third-order valence-electron chi connectivity index (χ3n) is 4.61. The molecule has 4 heterocycles. The van der Waals surface area contributed by atoms with E-state index in [9.17, 15) is 0 Å². The first-order valence-corrected chi connectivity index (χ1v) is 9.72. The Morgan fingerprint density at radius 3 is 3.00 bits per heavy atom. The van der Waals surface area contributed by atoms with E-state index in [0.717, 1.165) is 29.9 Å². The molecule has 0 radical (unpaired) electrons. The molecular formula is C18H16N4O2S2. The molecule has 5 rings (SSSR count). The second-order valence-electron chi connectivity index (χ2n) is 6.28. The van der Waals surface area contributed by atoms with Crippen molar-refractivity contribution in [2.45, 2.75) is 25.6 Å². The van der Waals surface area contributed by atoms with Gasteiger partial charge in [-0.15, -0.1) is 16.4 Å². The number of nitrogens with zero attached hydrogens (tertiary/aromatic N) is 4. The molecule has 0 spiro atoms. The van der Waals surface area contributed by atoms with E-state index in [2.05, 4.69) is 28.2 Å². The molecule has 1 fully saturated rings. The lowest BCUT2D eigenvalue weighted by molar-refractivity contribution is 0.187. The average molecular weight is 384 g/mol. The van der Waals surface area contributed by atoms with Gasteiger partial charge in [-0.1, -0.05) is 12.1 Å². The zero-order valence-electron chi connectivity index (χ0n) is 13.9. The molecule has 1 aromatic carbocycles. The summed E-state index contributed by atoms with van der Waals surface area (Å²) < 4.78 is 13.9. The fourth-order valence-corrected chi connectivity index (χ4v) is 4.69. The SMILES string of the molecule is S=c1oc(-c2ccco2)nn1CN1CCC[C@@H]1c1nc2ccccc2s1. The second-order valence-corrected chi connectivity index (χ2v) is 7.69. The highest BCUT2D eigenvalue weighted by Gasteiger charge is 2.29. The monoisotopic (exact) mass is 384 g/mol. The number of furan rings is 1. The van der Waals surface area contributed by atoms with Crippen LogP contribution in [-0.2, 0) is 6.67 Å². The van der Waals surface area contributed by atoms with Gasteiger partial charge in [0.2, 0.25) is 0 Å². The highest BCUT2D eigenvalue weighted by atomic mass is 32.1. The minimum atomic E-state index is 0.290. The Hall–Kier alpha value is -2.29. The first-order chi connectivity index (χ1) is 12.8. The third-order valence-corrected chi connectivity index (χ3v) is 6.04. The van der Waals surface area contributed by atoms with Gasteiger partial charge in [0.25, 0.3) is 10.7 Å². The molecule has 1 aliphatic rings. The third kappa shape index (κ3) is 2.80. The van der Waals surface area contributed by atoms with Crippen molar-refractivity contribution in [3.8, 4) is 11.7 Å². The number of likely N-dealkylation sites (tertiary alicyclic amines) is 1. The Morgan fingerprint density at radius 1 is 1.23 bits per heavy atom. The van der Waals surface area contributed by atoms with Crippen molar-refractivity contribution in [3.05, 3.63) is 52.5 Å². The normalized spacial score (nSPS) is 18.1. The van der Waals surface area contributed by atoms with Crippen molar-refractivity contribution in [2.75, 3.05) is 6.54 Å². The molecule has 0 bridgehead atoms. The smallest absolute Gasteiger partial charge is 0.288 e. The van der Waals surface area contributed by atoms with E-state index >= 15 is 0 Å². The summed E-state index contributed by atoms with van der Waals surface area (Å²) in [5.74, 6) is 0.995. The largest absolute Gasteiger partial charge is 0.459 e. The lowest BCUT2D eigenvalue weighted by atomic mass is 10.2. The maximum Gasteiger partial charge on any atom is 0.288 e. The van der Waals surface area contributed by atoms with Gasteiger partial charge in [-0.2, -0.15) is 0 Å². The molecule has 3 aromatic heterocycles. The summed E-state index contributed by atoms with van der Waals surface area (Å²) in [5, 5.41) is 5.64. The van der Waals surface area contributed by atoms with Crippen LogP contribution in [-0.4, -0.2) is 26.2 Å². The van der Waals surface area contributed by atoms with E-state index < -0.39 is 0 Å². The van der Waals surface area contributed by atoms with Crippen molar-refractivity contribution in [3.63, 3.8) is 0 Å². The van der Waals surface area contributed by atoms with Crippen molar-refractivity contribution >= 4 is 33.8 Å². The first kappa shape index (κ1) is 15.9. The summed E-state index contributed by atoms with van der Waals surface area (Å²) >= 11 is 7.11. The lowest BCUT2D eigenvalue weighted by Gasteiger charge is -2.21. The molecule has 0 saturated carbocycles. The van der Waals surface area contributed by atoms with E-state index in [1.165, 1.54) is 4.70 Å². The number of thiazole rings is 1. The Kier molecular flexibility index (Phi) is 3.96. The predicted molar refractivity (Wildman–Crippen MR) is 101 cm³/mol. The van der Waals surface area contributed by atoms with Crippen LogP contribution in [0.4, 0.5) is 0 Å². The van der Waals surface area contributed by atoms with Crippen LogP contribution in [0.5, 0.6) is 0 Å². The number of fused-ring (bicyclic) bond motifs is 1. The molecule has 1 saturated heterocycles. The predicted octanol–water partition coefficient (Wildman–Crippen LogP) is 4.87. The van der Waals surface area contributed by atoms with E-state index in [0.29, 0.717) is 23.2 Å². The zero-order valence-corrected chi connectivity index (χ0v) is 15.5. The van der Waals surface area contributed by atoms with Crippen LogP contribution in [0.3, 0.4) is 0 Å². The minimum Gasteiger partial charge on any atom is -0.459 e. The van der Waals surface area contributed by atoms with E-state index in [1.54, 1.807) is 28.3 Å². The van der Waals surface area contributed by atoms with Gasteiger partial charge in [0.05, 0.1) is 29.2 Å². The molecule has 8 heteroatoms. The fraction of sp³-hybridized carbons (Fsp3) is 0.278. The number of hydrogen-bond donors (Lipinski definition) is 0. The van der Waals surface area contributed by atoms with Gasteiger partial charge in [-0.3, -0.25) is 4.90 Å². The van der Waals surface area contributed by atoms with Crippen LogP contribution in [0.25, 0.3) is 21.9 Å². The summed E-state index contributed by atoms with van der Waals surface area (Å²) in [7, 11) is 0. The second kappa shape index (κ2) is 6.46. The van der Waals surface area contributed by atoms with Crippen LogP contribution in [0.2, 0.25) is 0 Å².